The molecule has 0 radical (unpaired) electrons. The van der Waals surface area contributed by atoms with Gasteiger partial charge in [0.25, 0.3) is 0 Å². The minimum Gasteiger partial charge on any atom is -0.391 e. The second-order valence-electron chi connectivity index (χ2n) is 5.99. The van der Waals surface area contributed by atoms with Crippen molar-refractivity contribution in [3.8, 4) is 11.1 Å². The number of para-hydroxylation sites is 1. The quantitative estimate of drug-likeness (QED) is 0.896. The molecule has 3 rings (SSSR count). The number of benzene rings is 1. The van der Waals surface area contributed by atoms with Crippen LogP contribution in [-0.4, -0.2) is 40.2 Å². The van der Waals surface area contributed by atoms with E-state index in [0.29, 0.717) is 13.1 Å². The number of pyridine rings is 1. The summed E-state index contributed by atoms with van der Waals surface area (Å²) in [4.78, 5) is 18.2. The molecule has 2 amide bonds. The van der Waals surface area contributed by atoms with Crippen molar-refractivity contribution in [3.63, 3.8) is 0 Å². The number of rotatable bonds is 2. The molecular formula is C18H21N3O2. The van der Waals surface area contributed by atoms with Crippen molar-refractivity contribution in [1.29, 1.82) is 0 Å². The summed E-state index contributed by atoms with van der Waals surface area (Å²) in [7, 11) is 0. The highest BCUT2D eigenvalue weighted by molar-refractivity contribution is 5.94. The number of anilines is 1. The maximum atomic E-state index is 12.5. The van der Waals surface area contributed by atoms with E-state index >= 15 is 0 Å². The van der Waals surface area contributed by atoms with Gasteiger partial charge in [0.1, 0.15) is 0 Å². The van der Waals surface area contributed by atoms with E-state index in [0.717, 1.165) is 23.2 Å². The highest BCUT2D eigenvalue weighted by atomic mass is 16.3. The van der Waals surface area contributed by atoms with E-state index in [2.05, 4.69) is 10.3 Å². The molecule has 5 heteroatoms. The molecule has 2 N–H and O–H groups in total. The summed E-state index contributed by atoms with van der Waals surface area (Å²) in [5.74, 6) is 0.239. The van der Waals surface area contributed by atoms with E-state index in [1.165, 1.54) is 0 Å². The molecule has 1 fully saturated rings. The van der Waals surface area contributed by atoms with E-state index in [1.54, 1.807) is 17.3 Å². The number of urea groups is 1. The Labute approximate surface area is 136 Å². The Balaban J connectivity index is 1.77. The van der Waals surface area contributed by atoms with Crippen LogP contribution >= 0.6 is 0 Å². The molecule has 0 bridgehead atoms. The molecule has 0 saturated carbocycles. The van der Waals surface area contributed by atoms with Gasteiger partial charge in [0.15, 0.2) is 0 Å². The van der Waals surface area contributed by atoms with Gasteiger partial charge in [-0.1, -0.05) is 25.1 Å². The van der Waals surface area contributed by atoms with Crippen molar-refractivity contribution in [2.75, 3.05) is 18.4 Å². The third-order valence-electron chi connectivity index (χ3n) is 4.37. The van der Waals surface area contributed by atoms with E-state index in [-0.39, 0.29) is 11.9 Å². The second kappa shape index (κ2) is 6.79. The van der Waals surface area contributed by atoms with Crippen molar-refractivity contribution in [1.82, 2.24) is 9.88 Å². The summed E-state index contributed by atoms with van der Waals surface area (Å²) in [6.07, 6.45) is 3.83. The first kappa shape index (κ1) is 15.5. The second-order valence-corrected chi connectivity index (χ2v) is 5.99. The summed E-state index contributed by atoms with van der Waals surface area (Å²) in [5.41, 5.74) is 2.72. The predicted octanol–water partition coefficient (Wildman–Crippen LogP) is 2.98. The first-order chi connectivity index (χ1) is 11.1. The molecule has 2 aromatic rings. The van der Waals surface area contributed by atoms with Crippen molar-refractivity contribution in [2.45, 2.75) is 19.4 Å². The van der Waals surface area contributed by atoms with Crippen LogP contribution in [0, 0.1) is 5.92 Å². The van der Waals surface area contributed by atoms with Crippen LogP contribution in [-0.2, 0) is 0 Å². The Kier molecular flexibility index (Phi) is 4.57. The molecule has 23 heavy (non-hydrogen) atoms. The van der Waals surface area contributed by atoms with E-state index in [1.807, 2.05) is 43.3 Å². The lowest BCUT2D eigenvalue weighted by Crippen LogP contribution is -2.47. The van der Waals surface area contributed by atoms with Gasteiger partial charge in [0, 0.05) is 31.0 Å². The number of likely N-dealkylation sites (tertiary alicyclic amines) is 1. The average molecular weight is 311 g/mol. The lowest BCUT2D eigenvalue weighted by atomic mass is 9.96. The molecular weight excluding hydrogens is 290 g/mol. The molecule has 1 aromatic heterocycles. The van der Waals surface area contributed by atoms with Crippen LogP contribution in [0.3, 0.4) is 0 Å². The van der Waals surface area contributed by atoms with Gasteiger partial charge in [-0.05, 0) is 36.1 Å². The van der Waals surface area contributed by atoms with Crippen LogP contribution in [0.25, 0.3) is 11.1 Å². The Morgan fingerprint density at radius 3 is 2.74 bits per heavy atom. The Morgan fingerprint density at radius 2 is 2.00 bits per heavy atom. The highest BCUT2D eigenvalue weighted by Crippen LogP contribution is 2.28. The summed E-state index contributed by atoms with van der Waals surface area (Å²) in [6.45, 7) is 3.06. The smallest absolute Gasteiger partial charge is 0.321 e. The van der Waals surface area contributed by atoms with Crippen LogP contribution in [0.15, 0.2) is 48.8 Å². The number of carbonyl (C=O) groups excluding carboxylic acids is 1. The molecule has 2 heterocycles. The third-order valence-corrected chi connectivity index (χ3v) is 4.37. The van der Waals surface area contributed by atoms with Gasteiger partial charge in [-0.3, -0.25) is 4.98 Å². The van der Waals surface area contributed by atoms with Crippen LogP contribution in [0.5, 0.6) is 0 Å². The molecule has 1 aromatic carbocycles. The summed E-state index contributed by atoms with van der Waals surface area (Å²) in [5, 5.41) is 12.9. The Morgan fingerprint density at radius 1 is 1.26 bits per heavy atom. The van der Waals surface area contributed by atoms with Gasteiger partial charge in [-0.25, -0.2) is 4.79 Å². The first-order valence-corrected chi connectivity index (χ1v) is 7.88. The van der Waals surface area contributed by atoms with Crippen molar-refractivity contribution < 1.29 is 9.90 Å². The largest absolute Gasteiger partial charge is 0.391 e. The zero-order chi connectivity index (χ0) is 16.2. The summed E-state index contributed by atoms with van der Waals surface area (Å²) < 4.78 is 0. The zero-order valence-corrected chi connectivity index (χ0v) is 13.1. The molecule has 1 aliphatic heterocycles. The molecule has 2 atom stereocenters. The third kappa shape index (κ3) is 3.51. The number of carbonyl (C=O) groups is 1. The standard InChI is InChI=1S/C18H21N3O2/c1-13-8-11-21(12-17(13)22)18(23)20-16-5-3-2-4-15(16)14-6-9-19-10-7-14/h2-7,9-10,13,17,22H,8,11-12H2,1H3,(H,20,23). The van der Waals surface area contributed by atoms with Gasteiger partial charge in [-0.15, -0.1) is 0 Å². The number of amides is 2. The van der Waals surface area contributed by atoms with Gasteiger partial charge < -0.3 is 15.3 Å². The maximum absolute atomic E-state index is 12.5. The molecule has 0 spiro atoms. The monoisotopic (exact) mass is 311 g/mol. The Bertz CT molecular complexity index is 675. The molecule has 5 nitrogen and oxygen atoms in total. The average Bonchev–Trinajstić information content (AvgIpc) is 2.58. The topological polar surface area (TPSA) is 65.5 Å². The minimum atomic E-state index is -0.454. The van der Waals surface area contributed by atoms with Crippen LogP contribution in [0.4, 0.5) is 10.5 Å². The van der Waals surface area contributed by atoms with Crippen LogP contribution < -0.4 is 5.32 Å². The minimum absolute atomic E-state index is 0.169. The zero-order valence-electron chi connectivity index (χ0n) is 13.1. The number of aliphatic hydroxyl groups is 1. The van der Waals surface area contributed by atoms with E-state index in [9.17, 15) is 9.90 Å². The van der Waals surface area contributed by atoms with Gasteiger partial charge in [0.05, 0.1) is 11.8 Å². The molecule has 0 aliphatic carbocycles. The fourth-order valence-electron chi connectivity index (χ4n) is 2.80. The molecule has 2 unspecified atom stereocenters. The first-order valence-electron chi connectivity index (χ1n) is 7.88. The van der Waals surface area contributed by atoms with Crippen LogP contribution in [0.2, 0.25) is 0 Å². The number of hydrogen-bond acceptors (Lipinski definition) is 3. The van der Waals surface area contributed by atoms with Gasteiger partial charge in [-0.2, -0.15) is 0 Å². The number of aliphatic hydroxyl groups excluding tert-OH is 1. The normalized spacial score (nSPS) is 21.0. The maximum Gasteiger partial charge on any atom is 0.321 e. The number of nitrogens with zero attached hydrogens (tertiary/aromatic N) is 2. The Hall–Kier alpha value is -2.40. The fourth-order valence-corrected chi connectivity index (χ4v) is 2.80. The van der Waals surface area contributed by atoms with E-state index in [4.69, 9.17) is 0 Å². The summed E-state index contributed by atoms with van der Waals surface area (Å²) >= 11 is 0. The predicted molar refractivity (Wildman–Crippen MR) is 90.1 cm³/mol. The summed E-state index contributed by atoms with van der Waals surface area (Å²) in [6, 6.07) is 11.4. The van der Waals surface area contributed by atoms with Crippen LogP contribution in [0.1, 0.15) is 13.3 Å². The van der Waals surface area contributed by atoms with Crippen molar-refractivity contribution in [3.05, 3.63) is 48.8 Å². The molecule has 120 valence electrons. The van der Waals surface area contributed by atoms with E-state index < -0.39 is 6.10 Å². The number of nitrogens with one attached hydrogen (secondary N) is 1. The van der Waals surface area contributed by atoms with Gasteiger partial charge >= 0.3 is 6.03 Å². The van der Waals surface area contributed by atoms with Crippen molar-refractivity contribution in [2.24, 2.45) is 5.92 Å². The van der Waals surface area contributed by atoms with Gasteiger partial charge in [0.2, 0.25) is 0 Å². The number of piperidine rings is 1. The lowest BCUT2D eigenvalue weighted by Gasteiger charge is -2.34. The molecule has 1 aliphatic rings. The lowest BCUT2D eigenvalue weighted by molar-refractivity contribution is 0.0464. The highest BCUT2D eigenvalue weighted by Gasteiger charge is 2.27. The molecule has 1 saturated heterocycles. The van der Waals surface area contributed by atoms with Crippen molar-refractivity contribution >= 4 is 11.7 Å². The fraction of sp³-hybridized carbons (Fsp3) is 0.333. The SMILES string of the molecule is CC1CCN(C(=O)Nc2ccccc2-c2ccncc2)CC1O. The number of hydrogen-bond donors (Lipinski definition) is 2. The number of aromatic nitrogens is 1. The number of β-amino-alcohol motifs (C(OH)–C–C–N with tert-alkyl or cyclic N) is 1.